The second-order valence-electron chi connectivity index (χ2n) is 8.13. The van der Waals surface area contributed by atoms with Crippen molar-refractivity contribution in [1.29, 1.82) is 0 Å². The first kappa shape index (κ1) is 17.7. The number of rotatable bonds is 6. The maximum atomic E-state index is 12.9. The molecule has 1 aliphatic heterocycles. The standard InChI is InChI=1S/C19H33N3O2/c1-14(16-10-6-7-11-16)24-13-19(12-15-8-4-3-5-9-15)17(23)22(2)18(20)21-19/h14-16H,3-13H2,1-2H3,(H2,20,21). The quantitative estimate of drug-likeness (QED) is 0.811. The third-order valence-electron chi connectivity index (χ3n) is 6.37. The highest BCUT2D eigenvalue weighted by atomic mass is 16.5. The van der Waals surface area contributed by atoms with Crippen molar-refractivity contribution in [2.75, 3.05) is 13.7 Å². The molecule has 5 nitrogen and oxygen atoms in total. The lowest BCUT2D eigenvalue weighted by Crippen LogP contribution is -2.47. The molecule has 0 saturated heterocycles. The molecule has 1 heterocycles. The van der Waals surface area contributed by atoms with E-state index in [4.69, 9.17) is 10.5 Å². The normalized spacial score (nSPS) is 30.8. The van der Waals surface area contributed by atoms with Gasteiger partial charge in [0.15, 0.2) is 11.5 Å². The van der Waals surface area contributed by atoms with Crippen LogP contribution in [0, 0.1) is 11.8 Å². The minimum Gasteiger partial charge on any atom is -0.375 e. The van der Waals surface area contributed by atoms with E-state index in [1.807, 2.05) is 0 Å². The average Bonchev–Trinajstić information content (AvgIpc) is 3.19. The van der Waals surface area contributed by atoms with E-state index in [1.165, 1.54) is 62.7 Å². The molecule has 0 aromatic carbocycles. The van der Waals surface area contributed by atoms with Crippen molar-refractivity contribution in [3.8, 4) is 0 Å². The van der Waals surface area contributed by atoms with Crippen molar-refractivity contribution in [3.63, 3.8) is 0 Å². The molecule has 5 heteroatoms. The van der Waals surface area contributed by atoms with Gasteiger partial charge in [-0.15, -0.1) is 0 Å². The molecule has 0 bridgehead atoms. The lowest BCUT2D eigenvalue weighted by Gasteiger charge is -2.32. The Bertz CT molecular complexity index is 481. The van der Waals surface area contributed by atoms with Crippen LogP contribution in [0.1, 0.15) is 71.1 Å². The highest BCUT2D eigenvalue weighted by Gasteiger charge is 2.48. The number of likely N-dealkylation sites (N-methyl/N-ethyl adjacent to an activating group) is 1. The topological polar surface area (TPSA) is 67.9 Å². The predicted molar refractivity (Wildman–Crippen MR) is 95.7 cm³/mol. The lowest BCUT2D eigenvalue weighted by molar-refractivity contribution is -0.134. The minimum absolute atomic E-state index is 0.0178. The van der Waals surface area contributed by atoms with Crippen LogP contribution in [0.25, 0.3) is 0 Å². The van der Waals surface area contributed by atoms with E-state index >= 15 is 0 Å². The number of hydrogen-bond acceptors (Lipinski definition) is 4. The average molecular weight is 335 g/mol. The van der Waals surface area contributed by atoms with Gasteiger partial charge in [-0.05, 0) is 38.0 Å². The van der Waals surface area contributed by atoms with E-state index in [0.717, 1.165) is 6.42 Å². The molecular weight excluding hydrogens is 302 g/mol. The Balaban J connectivity index is 1.68. The minimum atomic E-state index is -0.784. The summed E-state index contributed by atoms with van der Waals surface area (Å²) < 4.78 is 6.21. The van der Waals surface area contributed by atoms with E-state index in [0.29, 0.717) is 24.4 Å². The largest absolute Gasteiger partial charge is 0.375 e. The number of carbonyl (C=O) groups is 1. The summed E-state index contributed by atoms with van der Waals surface area (Å²) in [6, 6.07) is 0. The fraction of sp³-hybridized carbons (Fsp3) is 0.895. The van der Waals surface area contributed by atoms with E-state index in [1.54, 1.807) is 7.05 Å². The molecular formula is C19H33N3O2. The van der Waals surface area contributed by atoms with Gasteiger partial charge in [0.25, 0.3) is 5.91 Å². The van der Waals surface area contributed by atoms with E-state index in [9.17, 15) is 4.79 Å². The van der Waals surface area contributed by atoms with Crippen LogP contribution < -0.4 is 5.73 Å². The van der Waals surface area contributed by atoms with Gasteiger partial charge in [0.05, 0.1) is 12.7 Å². The van der Waals surface area contributed by atoms with Gasteiger partial charge in [0.1, 0.15) is 0 Å². The maximum absolute atomic E-state index is 12.9. The van der Waals surface area contributed by atoms with E-state index in [2.05, 4.69) is 11.9 Å². The van der Waals surface area contributed by atoms with E-state index < -0.39 is 5.54 Å². The maximum Gasteiger partial charge on any atom is 0.259 e. The third-order valence-corrected chi connectivity index (χ3v) is 6.37. The molecule has 3 rings (SSSR count). The molecule has 2 N–H and O–H groups in total. The summed E-state index contributed by atoms with van der Waals surface area (Å²) in [7, 11) is 1.73. The first-order valence-electron chi connectivity index (χ1n) is 9.77. The van der Waals surface area contributed by atoms with Gasteiger partial charge >= 0.3 is 0 Å². The van der Waals surface area contributed by atoms with Crippen LogP contribution >= 0.6 is 0 Å². The molecule has 2 unspecified atom stereocenters. The van der Waals surface area contributed by atoms with Crippen LogP contribution in [0.5, 0.6) is 0 Å². The van der Waals surface area contributed by atoms with Crippen molar-refractivity contribution >= 4 is 11.9 Å². The number of ether oxygens (including phenoxy) is 1. The smallest absolute Gasteiger partial charge is 0.259 e. The highest BCUT2D eigenvalue weighted by molar-refractivity contribution is 6.06. The Kier molecular flexibility index (Phi) is 5.48. The second-order valence-corrected chi connectivity index (χ2v) is 8.13. The van der Waals surface area contributed by atoms with Gasteiger partial charge < -0.3 is 10.5 Å². The molecule has 136 valence electrons. The van der Waals surface area contributed by atoms with Crippen LogP contribution in [0.4, 0.5) is 0 Å². The zero-order chi connectivity index (χ0) is 17.2. The summed E-state index contributed by atoms with van der Waals surface area (Å²) in [5.74, 6) is 1.56. The summed E-state index contributed by atoms with van der Waals surface area (Å²) in [6.07, 6.45) is 12.3. The molecule has 0 aromatic heterocycles. The van der Waals surface area contributed by atoms with Crippen molar-refractivity contribution in [2.24, 2.45) is 22.6 Å². The summed E-state index contributed by atoms with van der Waals surface area (Å²) >= 11 is 0. The third kappa shape index (κ3) is 3.61. The Labute approximate surface area is 146 Å². The van der Waals surface area contributed by atoms with Crippen LogP contribution in [-0.4, -0.2) is 42.1 Å². The van der Waals surface area contributed by atoms with Crippen molar-refractivity contribution in [1.82, 2.24) is 4.90 Å². The fourth-order valence-corrected chi connectivity index (χ4v) is 4.75. The summed E-state index contributed by atoms with van der Waals surface area (Å²) in [5, 5.41) is 0. The summed E-state index contributed by atoms with van der Waals surface area (Å²) in [4.78, 5) is 19.0. The number of amides is 1. The number of nitrogens with two attached hydrogens (primary N) is 1. The second kappa shape index (κ2) is 7.42. The summed E-state index contributed by atoms with van der Waals surface area (Å²) in [5.41, 5.74) is 5.19. The SMILES string of the molecule is CC(OCC1(CC2CCCCC2)N=C(N)N(C)C1=O)C1CCCC1. The Morgan fingerprint density at radius 3 is 2.42 bits per heavy atom. The molecule has 2 fully saturated rings. The predicted octanol–water partition coefficient (Wildman–Crippen LogP) is 3.08. The van der Waals surface area contributed by atoms with Crippen LogP contribution in [0.2, 0.25) is 0 Å². The summed E-state index contributed by atoms with van der Waals surface area (Å²) in [6.45, 7) is 2.53. The number of nitrogens with zero attached hydrogens (tertiary/aromatic N) is 2. The zero-order valence-corrected chi connectivity index (χ0v) is 15.3. The monoisotopic (exact) mass is 335 g/mol. The first-order valence-corrected chi connectivity index (χ1v) is 9.77. The molecule has 1 amide bonds. The number of hydrogen-bond donors (Lipinski definition) is 1. The fourth-order valence-electron chi connectivity index (χ4n) is 4.75. The Morgan fingerprint density at radius 1 is 1.21 bits per heavy atom. The first-order chi connectivity index (χ1) is 11.5. The van der Waals surface area contributed by atoms with Gasteiger partial charge in [-0.25, -0.2) is 4.99 Å². The molecule has 2 aliphatic carbocycles. The van der Waals surface area contributed by atoms with Gasteiger partial charge in [-0.1, -0.05) is 44.9 Å². The van der Waals surface area contributed by atoms with Crippen LogP contribution in [0.3, 0.4) is 0 Å². The van der Waals surface area contributed by atoms with Gasteiger partial charge in [-0.3, -0.25) is 9.69 Å². The van der Waals surface area contributed by atoms with Gasteiger partial charge in [-0.2, -0.15) is 0 Å². The van der Waals surface area contributed by atoms with Gasteiger partial charge in [0.2, 0.25) is 0 Å². The zero-order valence-electron chi connectivity index (χ0n) is 15.3. The van der Waals surface area contributed by atoms with Crippen LogP contribution in [0.15, 0.2) is 4.99 Å². The molecule has 2 atom stereocenters. The molecule has 3 aliphatic rings. The Morgan fingerprint density at radius 2 is 1.83 bits per heavy atom. The molecule has 24 heavy (non-hydrogen) atoms. The number of carbonyl (C=O) groups excluding carboxylic acids is 1. The van der Waals surface area contributed by atoms with Crippen molar-refractivity contribution in [3.05, 3.63) is 0 Å². The lowest BCUT2D eigenvalue weighted by atomic mass is 9.79. The molecule has 2 saturated carbocycles. The van der Waals surface area contributed by atoms with Crippen molar-refractivity contribution < 1.29 is 9.53 Å². The highest BCUT2D eigenvalue weighted by Crippen LogP contribution is 2.37. The number of aliphatic imine (C=N–C) groups is 1. The Hall–Kier alpha value is -1.10. The van der Waals surface area contributed by atoms with Crippen LogP contribution in [-0.2, 0) is 9.53 Å². The molecule has 0 aromatic rings. The van der Waals surface area contributed by atoms with Gasteiger partial charge in [0, 0.05) is 7.05 Å². The molecule has 0 spiro atoms. The van der Waals surface area contributed by atoms with Crippen molar-refractivity contribution in [2.45, 2.75) is 82.8 Å². The number of guanidine groups is 1. The van der Waals surface area contributed by atoms with E-state index in [-0.39, 0.29) is 12.0 Å². The molecule has 0 radical (unpaired) electrons.